The summed E-state index contributed by atoms with van der Waals surface area (Å²) in [6.07, 6.45) is 5.61. The van der Waals surface area contributed by atoms with Gasteiger partial charge in [0.2, 0.25) is 0 Å². The minimum atomic E-state index is -2.64. The van der Waals surface area contributed by atoms with E-state index < -0.39 is 7.14 Å². The molecule has 0 bridgehead atoms. The van der Waals surface area contributed by atoms with Crippen LogP contribution in [0.4, 0.5) is 0 Å². The number of rotatable bonds is 4. The van der Waals surface area contributed by atoms with Crippen LogP contribution >= 0.6 is 7.14 Å². The minimum Gasteiger partial charge on any atom is -0.366 e. The molecule has 2 nitrogen and oxygen atoms in total. The van der Waals surface area contributed by atoms with Gasteiger partial charge in [0.15, 0.2) is 0 Å². The van der Waals surface area contributed by atoms with Crippen molar-refractivity contribution >= 4 is 17.8 Å². The van der Waals surface area contributed by atoms with Gasteiger partial charge in [0.05, 0.1) is 6.10 Å². The fraction of sp³-hybridized carbons (Fsp3) is 0.368. The van der Waals surface area contributed by atoms with E-state index in [4.69, 9.17) is 4.74 Å². The molecule has 1 aliphatic heterocycles. The average Bonchev–Trinajstić information content (AvgIpc) is 3.30. The van der Waals surface area contributed by atoms with Crippen LogP contribution in [0.5, 0.6) is 0 Å². The molecule has 4 rings (SSSR count). The molecule has 0 spiro atoms. The van der Waals surface area contributed by atoms with Gasteiger partial charge in [-0.1, -0.05) is 73.5 Å². The Morgan fingerprint density at radius 3 is 2.09 bits per heavy atom. The summed E-state index contributed by atoms with van der Waals surface area (Å²) in [7, 11) is -2.64. The third-order valence-corrected chi connectivity index (χ3v) is 8.30. The Balaban J connectivity index is 1.75. The van der Waals surface area contributed by atoms with Gasteiger partial charge in [0.25, 0.3) is 0 Å². The number of epoxide rings is 1. The first-order chi connectivity index (χ1) is 10.7. The molecule has 0 radical (unpaired) electrons. The van der Waals surface area contributed by atoms with Crippen molar-refractivity contribution in [1.82, 2.24) is 0 Å². The molecular weight excluding hydrogens is 291 g/mol. The van der Waals surface area contributed by atoms with E-state index in [1.807, 2.05) is 60.7 Å². The van der Waals surface area contributed by atoms with Crippen molar-refractivity contribution in [3.8, 4) is 0 Å². The van der Waals surface area contributed by atoms with Gasteiger partial charge in [-0.25, -0.2) is 0 Å². The van der Waals surface area contributed by atoms with E-state index in [9.17, 15) is 4.57 Å². The molecule has 2 unspecified atom stereocenters. The average molecular weight is 312 g/mol. The van der Waals surface area contributed by atoms with Crippen molar-refractivity contribution in [3.05, 3.63) is 60.7 Å². The van der Waals surface area contributed by atoms with Crippen LogP contribution in [0.3, 0.4) is 0 Å². The van der Waals surface area contributed by atoms with E-state index in [2.05, 4.69) is 0 Å². The Bertz CT molecular complexity index is 654. The highest BCUT2D eigenvalue weighted by Crippen LogP contribution is 2.57. The standard InChI is InChI=1S/C19H21O2P/c20-22(16-9-3-1-4-10-16,17-11-5-2-6-12-17)15-19-14-8-7-13-18(19)21-19/h1-6,9-12,18H,7-8,13-15H2. The molecule has 2 aromatic carbocycles. The summed E-state index contributed by atoms with van der Waals surface area (Å²) in [6.45, 7) is 0. The van der Waals surface area contributed by atoms with Gasteiger partial charge in [-0.3, -0.25) is 0 Å². The lowest BCUT2D eigenvalue weighted by Crippen LogP contribution is -2.30. The minimum absolute atomic E-state index is 0.126. The molecule has 2 fully saturated rings. The summed E-state index contributed by atoms with van der Waals surface area (Å²) in [5.74, 6) is 0. The van der Waals surface area contributed by atoms with Crippen LogP contribution in [0.15, 0.2) is 60.7 Å². The number of hydrogen-bond donors (Lipinski definition) is 0. The molecule has 114 valence electrons. The van der Waals surface area contributed by atoms with Crippen LogP contribution in [0.2, 0.25) is 0 Å². The quantitative estimate of drug-likeness (QED) is 0.636. The topological polar surface area (TPSA) is 29.6 Å². The summed E-state index contributed by atoms with van der Waals surface area (Å²) in [4.78, 5) is 0. The normalized spacial score (nSPS) is 27.2. The lowest BCUT2D eigenvalue weighted by molar-refractivity contribution is 0.306. The van der Waals surface area contributed by atoms with Crippen LogP contribution in [-0.4, -0.2) is 17.9 Å². The smallest absolute Gasteiger partial charge is 0.146 e. The maximum Gasteiger partial charge on any atom is 0.146 e. The van der Waals surface area contributed by atoms with Crippen LogP contribution < -0.4 is 10.6 Å². The number of hydrogen-bond acceptors (Lipinski definition) is 2. The maximum absolute atomic E-state index is 14.0. The molecule has 1 saturated heterocycles. The number of fused-ring (bicyclic) bond motifs is 1. The predicted octanol–water partition coefficient (Wildman–Crippen LogP) is 3.71. The first-order valence-electron chi connectivity index (χ1n) is 8.11. The first kappa shape index (κ1) is 14.2. The van der Waals surface area contributed by atoms with E-state index in [0.717, 1.165) is 23.5 Å². The van der Waals surface area contributed by atoms with Crippen molar-refractivity contribution in [1.29, 1.82) is 0 Å². The summed E-state index contributed by atoms with van der Waals surface area (Å²) < 4.78 is 20.1. The van der Waals surface area contributed by atoms with Crippen molar-refractivity contribution in [3.63, 3.8) is 0 Å². The largest absolute Gasteiger partial charge is 0.366 e. The zero-order valence-corrected chi connectivity index (χ0v) is 13.5. The van der Waals surface area contributed by atoms with Crippen molar-refractivity contribution < 1.29 is 9.30 Å². The predicted molar refractivity (Wildman–Crippen MR) is 90.7 cm³/mol. The molecule has 3 heteroatoms. The van der Waals surface area contributed by atoms with Crippen molar-refractivity contribution in [2.75, 3.05) is 6.16 Å². The molecule has 1 heterocycles. The van der Waals surface area contributed by atoms with E-state index in [-0.39, 0.29) is 5.60 Å². The van der Waals surface area contributed by atoms with E-state index >= 15 is 0 Å². The van der Waals surface area contributed by atoms with Crippen LogP contribution in [0, 0.1) is 0 Å². The van der Waals surface area contributed by atoms with Gasteiger partial charge in [-0.2, -0.15) is 0 Å². The highest BCUT2D eigenvalue weighted by atomic mass is 31.2. The van der Waals surface area contributed by atoms with E-state index in [0.29, 0.717) is 12.3 Å². The zero-order chi connectivity index (χ0) is 15.0. The molecule has 0 N–H and O–H groups in total. The molecule has 0 amide bonds. The van der Waals surface area contributed by atoms with Crippen LogP contribution in [-0.2, 0) is 9.30 Å². The van der Waals surface area contributed by atoms with Crippen LogP contribution in [0.1, 0.15) is 25.7 Å². The highest BCUT2D eigenvalue weighted by molar-refractivity contribution is 7.78. The molecule has 1 aliphatic carbocycles. The third kappa shape index (κ3) is 2.35. The fourth-order valence-corrected chi connectivity index (χ4v) is 6.97. The third-order valence-electron chi connectivity index (χ3n) is 5.06. The molecule has 0 aromatic heterocycles. The lowest BCUT2D eigenvalue weighted by Gasteiger charge is -2.25. The summed E-state index contributed by atoms with van der Waals surface area (Å²) >= 11 is 0. The molecule has 2 aliphatic rings. The van der Waals surface area contributed by atoms with Gasteiger partial charge in [-0.15, -0.1) is 0 Å². The van der Waals surface area contributed by atoms with E-state index in [1.165, 1.54) is 12.8 Å². The fourth-order valence-electron chi connectivity index (χ4n) is 3.81. The Kier molecular flexibility index (Phi) is 3.47. The monoisotopic (exact) mass is 312 g/mol. The zero-order valence-electron chi connectivity index (χ0n) is 12.7. The van der Waals surface area contributed by atoms with E-state index in [1.54, 1.807) is 0 Å². The second-order valence-electron chi connectivity index (χ2n) is 6.49. The number of benzene rings is 2. The van der Waals surface area contributed by atoms with Gasteiger partial charge < -0.3 is 9.30 Å². The molecule has 2 atom stereocenters. The Hall–Kier alpha value is -1.37. The lowest BCUT2D eigenvalue weighted by atomic mass is 9.91. The highest BCUT2D eigenvalue weighted by Gasteiger charge is 2.59. The Labute approximate surface area is 131 Å². The summed E-state index contributed by atoms with van der Waals surface area (Å²) in [6, 6.07) is 19.9. The van der Waals surface area contributed by atoms with Gasteiger partial charge in [-0.05, 0) is 12.8 Å². The first-order valence-corrected chi connectivity index (χ1v) is 10.0. The van der Waals surface area contributed by atoms with Gasteiger partial charge in [0, 0.05) is 16.8 Å². The van der Waals surface area contributed by atoms with Gasteiger partial charge in [0.1, 0.15) is 12.7 Å². The molecule has 2 aromatic rings. The second kappa shape index (κ2) is 5.37. The Morgan fingerprint density at radius 2 is 1.55 bits per heavy atom. The van der Waals surface area contributed by atoms with Crippen molar-refractivity contribution in [2.45, 2.75) is 37.4 Å². The second-order valence-corrected chi connectivity index (χ2v) is 9.31. The molecular formula is C19H21O2P. The van der Waals surface area contributed by atoms with Crippen molar-refractivity contribution in [2.24, 2.45) is 0 Å². The SMILES string of the molecule is O=P(CC12CCCCC1O2)(c1ccccc1)c1ccccc1. The van der Waals surface area contributed by atoms with Crippen LogP contribution in [0.25, 0.3) is 0 Å². The molecule has 1 saturated carbocycles. The summed E-state index contributed by atoms with van der Waals surface area (Å²) in [5.41, 5.74) is -0.126. The van der Waals surface area contributed by atoms with Gasteiger partial charge >= 0.3 is 0 Å². The Morgan fingerprint density at radius 1 is 0.955 bits per heavy atom. The number of ether oxygens (including phenoxy) is 1. The molecule has 22 heavy (non-hydrogen) atoms. The maximum atomic E-state index is 14.0. The summed E-state index contributed by atoms with van der Waals surface area (Å²) in [5, 5.41) is 1.91.